The van der Waals surface area contributed by atoms with Gasteiger partial charge in [0.2, 0.25) is 0 Å². The van der Waals surface area contributed by atoms with Gasteiger partial charge in [0.15, 0.2) is 0 Å². The average Bonchev–Trinajstić information content (AvgIpc) is 2.48. The van der Waals surface area contributed by atoms with E-state index in [1.807, 2.05) is 0 Å². The molecule has 1 aliphatic heterocycles. The fourth-order valence-corrected chi connectivity index (χ4v) is 4.85. The maximum absolute atomic E-state index is 4.65. The molecule has 1 N–H and O–H groups in total. The van der Waals surface area contributed by atoms with Gasteiger partial charge in [0.25, 0.3) is 0 Å². The van der Waals surface area contributed by atoms with Crippen LogP contribution >= 0.6 is 27.8 Å². The van der Waals surface area contributed by atoms with Crippen LogP contribution in [-0.2, 0) is 13.0 Å². The van der Waals surface area contributed by atoms with E-state index in [-0.39, 0.29) is 0 Å². The van der Waals surface area contributed by atoms with E-state index in [0.29, 0.717) is 0 Å². The quantitative estimate of drug-likeness (QED) is 0.622. The lowest BCUT2D eigenvalue weighted by atomic mass is 10.0. The van der Waals surface area contributed by atoms with Gasteiger partial charge in [-0.3, -0.25) is 4.99 Å². The first-order chi connectivity index (χ1) is 9.33. The summed E-state index contributed by atoms with van der Waals surface area (Å²) in [4.78, 5) is 4.65. The molecule has 0 saturated heterocycles. The van der Waals surface area contributed by atoms with Crippen LogP contribution < -0.4 is 10.4 Å². The lowest BCUT2D eigenvalue weighted by Gasteiger charge is -2.20. The molecule has 1 aliphatic rings. The lowest BCUT2D eigenvalue weighted by molar-refractivity contribution is 0.969. The second-order valence-corrected chi connectivity index (χ2v) is 8.63. The number of hydrogen-bond acceptors (Lipinski definition) is 2. The summed E-state index contributed by atoms with van der Waals surface area (Å²) in [6.07, 6.45) is 0.921. The number of hydrogen-bond donors (Lipinski definition) is 1. The van der Waals surface area contributed by atoms with Crippen LogP contribution in [0.3, 0.4) is 0 Å². The largest absolute Gasteiger partial charge is 0.341 e. The summed E-state index contributed by atoms with van der Waals surface area (Å²) in [5.74, 6) is 1.11. The van der Waals surface area contributed by atoms with Crippen molar-refractivity contribution in [2.45, 2.75) is 13.0 Å². The summed E-state index contributed by atoms with van der Waals surface area (Å²) < 4.78 is 0. The van der Waals surface area contributed by atoms with Crippen LogP contribution in [0.25, 0.3) is 0 Å². The van der Waals surface area contributed by atoms with E-state index in [2.05, 4.69) is 86.7 Å². The normalized spacial score (nSPS) is 15.3. The molecule has 2 aromatic rings. The number of nitrogens with one attached hydrogen (secondary N) is 1. The topological polar surface area (TPSA) is 24.4 Å². The van der Waals surface area contributed by atoms with Gasteiger partial charge < -0.3 is 5.09 Å². The number of rotatable bonds is 2. The molecule has 0 fully saturated rings. The highest BCUT2D eigenvalue weighted by atomic mass is 127. The van der Waals surface area contributed by atoms with E-state index in [4.69, 9.17) is 0 Å². The van der Waals surface area contributed by atoms with Gasteiger partial charge in [-0.15, -0.1) is 0 Å². The summed E-state index contributed by atoms with van der Waals surface area (Å²) in [7, 11) is 0. The molecule has 0 spiro atoms. The standard InChI is InChI=1S/C15H14IN2P/c16-19(14-8-2-1-3-9-14)18-15-10-12-6-4-5-7-13(12)11-17-15/h1-9H,10-11H2,(H,17,18). The van der Waals surface area contributed by atoms with Crippen molar-refractivity contribution in [1.82, 2.24) is 5.09 Å². The molecule has 2 aromatic carbocycles. The molecule has 1 unspecified atom stereocenters. The van der Waals surface area contributed by atoms with E-state index < -0.39 is 5.71 Å². The van der Waals surface area contributed by atoms with Crippen LogP contribution in [0.5, 0.6) is 0 Å². The molecular formula is C15H14IN2P. The third kappa shape index (κ3) is 3.15. The Morgan fingerprint density at radius 1 is 0.947 bits per heavy atom. The molecule has 0 amide bonds. The van der Waals surface area contributed by atoms with Crippen molar-refractivity contribution in [3.63, 3.8) is 0 Å². The van der Waals surface area contributed by atoms with Crippen molar-refractivity contribution in [2.75, 3.05) is 0 Å². The summed E-state index contributed by atoms with van der Waals surface area (Å²) in [6, 6.07) is 19.1. The predicted molar refractivity (Wildman–Crippen MR) is 91.4 cm³/mol. The monoisotopic (exact) mass is 380 g/mol. The first kappa shape index (κ1) is 13.1. The molecule has 96 valence electrons. The molecule has 0 aliphatic carbocycles. The van der Waals surface area contributed by atoms with Gasteiger partial charge >= 0.3 is 0 Å². The maximum Gasteiger partial charge on any atom is 0.105 e. The van der Waals surface area contributed by atoms with Crippen LogP contribution in [-0.4, -0.2) is 5.84 Å². The van der Waals surface area contributed by atoms with Gasteiger partial charge in [-0.05, 0) is 33.2 Å². The van der Waals surface area contributed by atoms with Gasteiger partial charge in [0, 0.05) is 11.7 Å². The fourth-order valence-electron chi connectivity index (χ4n) is 2.11. The lowest BCUT2D eigenvalue weighted by Crippen LogP contribution is -2.25. The van der Waals surface area contributed by atoms with Crippen molar-refractivity contribution >= 4 is 38.9 Å². The third-order valence-electron chi connectivity index (χ3n) is 3.13. The molecule has 1 heterocycles. The van der Waals surface area contributed by atoms with Gasteiger partial charge in [-0.2, -0.15) is 0 Å². The Balaban J connectivity index is 1.71. The van der Waals surface area contributed by atoms with Gasteiger partial charge in [-0.25, -0.2) is 0 Å². The number of benzene rings is 2. The summed E-state index contributed by atoms with van der Waals surface area (Å²) >= 11 is 2.48. The van der Waals surface area contributed by atoms with E-state index in [0.717, 1.165) is 18.8 Å². The van der Waals surface area contributed by atoms with Gasteiger partial charge in [-0.1, -0.05) is 54.6 Å². The molecule has 1 atom stereocenters. The minimum absolute atomic E-state index is 0.399. The third-order valence-corrected chi connectivity index (χ3v) is 6.73. The molecule has 3 rings (SSSR count). The Morgan fingerprint density at radius 2 is 1.63 bits per heavy atom. The maximum atomic E-state index is 4.65. The van der Waals surface area contributed by atoms with E-state index in [9.17, 15) is 0 Å². The minimum atomic E-state index is -0.399. The van der Waals surface area contributed by atoms with Crippen LogP contribution in [0.4, 0.5) is 0 Å². The van der Waals surface area contributed by atoms with E-state index >= 15 is 0 Å². The number of halogens is 1. The molecule has 0 aromatic heterocycles. The predicted octanol–water partition coefficient (Wildman–Crippen LogP) is 3.80. The molecular weight excluding hydrogens is 366 g/mol. The summed E-state index contributed by atoms with van der Waals surface area (Å²) in [5, 5.41) is 4.92. The second-order valence-electron chi connectivity index (χ2n) is 4.44. The highest BCUT2D eigenvalue weighted by molar-refractivity contribution is 14.2. The number of nitrogens with zero attached hydrogens (tertiary/aromatic N) is 1. The number of aliphatic imine (C=N–C) groups is 1. The average molecular weight is 380 g/mol. The summed E-state index contributed by atoms with van der Waals surface area (Å²) in [5.41, 5.74) is 2.35. The molecule has 2 nitrogen and oxygen atoms in total. The zero-order valence-corrected chi connectivity index (χ0v) is 13.4. The van der Waals surface area contributed by atoms with Crippen molar-refractivity contribution in [2.24, 2.45) is 4.99 Å². The van der Waals surface area contributed by atoms with Crippen molar-refractivity contribution < 1.29 is 0 Å². The molecule has 19 heavy (non-hydrogen) atoms. The Bertz CT molecular complexity index is 598. The number of amidine groups is 1. The Hall–Kier alpha value is -0.930. The second kappa shape index (κ2) is 6.02. The Labute approximate surface area is 127 Å². The fraction of sp³-hybridized carbons (Fsp3) is 0.133. The van der Waals surface area contributed by atoms with Crippen LogP contribution in [0, 0.1) is 0 Å². The molecule has 4 heteroatoms. The van der Waals surface area contributed by atoms with Crippen molar-refractivity contribution in [1.29, 1.82) is 0 Å². The Morgan fingerprint density at radius 3 is 2.42 bits per heavy atom. The first-order valence-electron chi connectivity index (χ1n) is 6.20. The van der Waals surface area contributed by atoms with E-state index in [1.165, 1.54) is 16.4 Å². The van der Waals surface area contributed by atoms with Gasteiger partial charge in [0.1, 0.15) is 5.84 Å². The van der Waals surface area contributed by atoms with Gasteiger partial charge in [0.05, 0.1) is 12.3 Å². The Kier molecular flexibility index (Phi) is 4.14. The van der Waals surface area contributed by atoms with Crippen molar-refractivity contribution in [3.8, 4) is 0 Å². The zero-order valence-electron chi connectivity index (χ0n) is 10.4. The van der Waals surface area contributed by atoms with Crippen LogP contribution in [0.15, 0.2) is 59.6 Å². The highest BCUT2D eigenvalue weighted by Crippen LogP contribution is 2.39. The smallest absolute Gasteiger partial charge is 0.105 e. The summed E-state index contributed by atoms with van der Waals surface area (Å²) in [6.45, 7) is 0.799. The zero-order chi connectivity index (χ0) is 13.1. The first-order valence-corrected chi connectivity index (χ1v) is 10.3. The molecule has 0 saturated carbocycles. The van der Waals surface area contributed by atoms with Crippen molar-refractivity contribution in [3.05, 3.63) is 65.7 Å². The highest BCUT2D eigenvalue weighted by Gasteiger charge is 2.14. The van der Waals surface area contributed by atoms with E-state index in [1.54, 1.807) is 0 Å². The number of fused-ring (bicyclic) bond motifs is 1. The SMILES string of the molecule is IP(NC1=NCc2ccccc2C1)c1ccccc1. The van der Waals surface area contributed by atoms with Crippen LogP contribution in [0.1, 0.15) is 11.1 Å². The minimum Gasteiger partial charge on any atom is -0.341 e. The molecule has 0 bridgehead atoms. The molecule has 0 radical (unpaired) electrons. The van der Waals surface area contributed by atoms with Crippen LogP contribution in [0.2, 0.25) is 0 Å².